The summed E-state index contributed by atoms with van der Waals surface area (Å²) < 4.78 is 11.4. The van der Waals surface area contributed by atoms with E-state index in [0.29, 0.717) is 0 Å². The van der Waals surface area contributed by atoms with E-state index < -0.39 is 13.4 Å². The number of hydrogen-bond acceptors (Lipinski definition) is 2. The summed E-state index contributed by atoms with van der Waals surface area (Å²) in [6, 6.07) is 9.73. The Balaban J connectivity index is 2.31. The van der Waals surface area contributed by atoms with Crippen molar-refractivity contribution in [1.82, 2.24) is 4.90 Å². The minimum absolute atomic E-state index is 0.0768. The van der Waals surface area contributed by atoms with Crippen molar-refractivity contribution in [2.75, 3.05) is 7.05 Å². The number of hydrogen-bond donors (Lipinski definition) is 2. The van der Waals surface area contributed by atoms with E-state index in [-0.39, 0.29) is 12.0 Å². The van der Waals surface area contributed by atoms with Gasteiger partial charge >= 0.3 is 7.60 Å². The van der Waals surface area contributed by atoms with Crippen LogP contribution in [0.3, 0.4) is 0 Å². The van der Waals surface area contributed by atoms with Crippen LogP contribution in [0.25, 0.3) is 0 Å². The van der Waals surface area contributed by atoms with Gasteiger partial charge in [0.2, 0.25) is 0 Å². The summed E-state index contributed by atoms with van der Waals surface area (Å²) in [5.41, 5.74) is 1.00. The molecule has 0 bridgehead atoms. The molecule has 1 aliphatic rings. The third kappa shape index (κ3) is 1.82. The van der Waals surface area contributed by atoms with Crippen molar-refractivity contribution >= 4 is 7.60 Å². The van der Waals surface area contributed by atoms with E-state index in [1.165, 1.54) is 0 Å². The van der Waals surface area contributed by atoms with Crippen LogP contribution in [0.2, 0.25) is 0 Å². The first-order valence-electron chi connectivity index (χ1n) is 5.25. The van der Waals surface area contributed by atoms with Crippen molar-refractivity contribution in [3.8, 4) is 0 Å². The zero-order chi connectivity index (χ0) is 11.9. The molecular weight excluding hydrogens is 225 g/mol. The van der Waals surface area contributed by atoms with Gasteiger partial charge in [-0.15, -0.1) is 0 Å². The van der Waals surface area contributed by atoms with Crippen LogP contribution in [0.5, 0.6) is 0 Å². The van der Waals surface area contributed by atoms with Gasteiger partial charge in [0.15, 0.2) is 0 Å². The molecule has 5 heteroatoms. The number of rotatable bonds is 2. The Morgan fingerprint density at radius 3 is 2.31 bits per heavy atom. The zero-order valence-corrected chi connectivity index (χ0v) is 10.2. The fourth-order valence-electron chi connectivity index (χ4n) is 2.47. The molecule has 0 radical (unpaired) electrons. The number of likely N-dealkylation sites (tertiary alicyclic amines) is 1. The Labute approximate surface area is 95.1 Å². The van der Waals surface area contributed by atoms with Crippen LogP contribution in [0.1, 0.15) is 18.4 Å². The summed E-state index contributed by atoms with van der Waals surface area (Å²) in [6.45, 7) is 1.99. The summed E-state index contributed by atoms with van der Waals surface area (Å²) in [7, 11) is -2.30. The van der Waals surface area contributed by atoms with Crippen LogP contribution >= 0.6 is 7.60 Å². The molecule has 0 amide bonds. The molecule has 4 nitrogen and oxygen atoms in total. The SMILES string of the molecule is C[C@H]1[C@@H](c2ccccc2)[C@H](P(=O)(O)O)N1C. The predicted molar refractivity (Wildman–Crippen MR) is 62.2 cm³/mol. The quantitative estimate of drug-likeness (QED) is 0.772. The van der Waals surface area contributed by atoms with Gasteiger partial charge in [-0.3, -0.25) is 9.46 Å². The van der Waals surface area contributed by atoms with Gasteiger partial charge < -0.3 is 9.79 Å². The molecule has 1 fully saturated rings. The number of benzene rings is 1. The fourth-order valence-corrected chi connectivity index (χ4v) is 3.99. The molecule has 1 aliphatic heterocycles. The van der Waals surface area contributed by atoms with Crippen molar-refractivity contribution in [2.24, 2.45) is 0 Å². The van der Waals surface area contributed by atoms with Crippen LogP contribution < -0.4 is 0 Å². The minimum atomic E-state index is -4.06. The second-order valence-corrected chi connectivity index (χ2v) is 6.05. The van der Waals surface area contributed by atoms with E-state index in [0.717, 1.165) is 5.56 Å². The van der Waals surface area contributed by atoms with Crippen molar-refractivity contribution in [2.45, 2.75) is 24.7 Å². The molecule has 0 aliphatic carbocycles. The van der Waals surface area contributed by atoms with Crippen LogP contribution in [0.15, 0.2) is 30.3 Å². The van der Waals surface area contributed by atoms with Gasteiger partial charge in [-0.05, 0) is 19.5 Å². The molecule has 16 heavy (non-hydrogen) atoms. The summed E-state index contributed by atoms with van der Waals surface area (Å²) >= 11 is 0. The Hall–Kier alpha value is -0.670. The van der Waals surface area contributed by atoms with Crippen LogP contribution in [-0.2, 0) is 4.57 Å². The van der Waals surface area contributed by atoms with Crippen LogP contribution in [0.4, 0.5) is 0 Å². The monoisotopic (exact) mass is 241 g/mol. The normalized spacial score (nSPS) is 31.1. The molecule has 0 saturated carbocycles. The highest BCUT2D eigenvalue weighted by Crippen LogP contribution is 2.57. The lowest BCUT2D eigenvalue weighted by Crippen LogP contribution is -2.58. The molecule has 0 spiro atoms. The molecule has 1 aromatic rings. The smallest absolute Gasteiger partial charge is 0.323 e. The average Bonchev–Trinajstić information content (AvgIpc) is 2.23. The summed E-state index contributed by atoms with van der Waals surface area (Å²) in [4.78, 5) is 20.4. The second-order valence-electron chi connectivity index (χ2n) is 4.35. The van der Waals surface area contributed by atoms with Crippen LogP contribution in [0, 0.1) is 0 Å². The molecule has 0 unspecified atom stereocenters. The molecule has 1 saturated heterocycles. The maximum absolute atomic E-state index is 11.4. The first-order valence-corrected chi connectivity index (χ1v) is 6.93. The maximum Gasteiger partial charge on any atom is 0.343 e. The standard InChI is InChI=1S/C11H16NO3P/c1-8-10(9-6-4-3-5-7-9)11(12(8)2)16(13,14)15/h3-8,10-11H,1-2H3,(H2,13,14,15)/t8-,10-,11-/m0/s1. The van der Waals surface area contributed by atoms with E-state index in [2.05, 4.69) is 0 Å². The average molecular weight is 241 g/mol. The summed E-state index contributed by atoms with van der Waals surface area (Å²) in [5, 5.41) is 0. The highest BCUT2D eigenvalue weighted by Gasteiger charge is 2.53. The van der Waals surface area contributed by atoms with E-state index >= 15 is 0 Å². The molecule has 1 aromatic carbocycles. The summed E-state index contributed by atoms with van der Waals surface area (Å²) in [5.74, 6) is -0.753. The van der Waals surface area contributed by atoms with Gasteiger partial charge in [-0.2, -0.15) is 0 Å². The lowest BCUT2D eigenvalue weighted by atomic mass is 9.84. The summed E-state index contributed by atoms with van der Waals surface area (Å²) in [6.07, 6.45) is 0. The number of likely N-dealkylation sites (N-methyl/N-ethyl adjacent to an activating group) is 1. The van der Waals surface area contributed by atoms with E-state index in [4.69, 9.17) is 0 Å². The maximum atomic E-state index is 11.4. The Kier molecular flexibility index (Phi) is 2.93. The fraction of sp³-hybridized carbons (Fsp3) is 0.455. The Morgan fingerprint density at radius 2 is 1.81 bits per heavy atom. The van der Waals surface area contributed by atoms with E-state index in [9.17, 15) is 14.4 Å². The predicted octanol–water partition coefficient (Wildman–Crippen LogP) is 1.61. The lowest BCUT2D eigenvalue weighted by molar-refractivity contribution is 0.0565. The van der Waals surface area contributed by atoms with Gasteiger partial charge in [0.1, 0.15) is 5.78 Å². The minimum Gasteiger partial charge on any atom is -0.323 e. The van der Waals surface area contributed by atoms with Crippen molar-refractivity contribution in [3.63, 3.8) is 0 Å². The second kappa shape index (κ2) is 3.97. The first kappa shape index (κ1) is 11.8. The van der Waals surface area contributed by atoms with Gasteiger partial charge in [-0.1, -0.05) is 30.3 Å². The van der Waals surface area contributed by atoms with Gasteiger partial charge in [-0.25, -0.2) is 0 Å². The van der Waals surface area contributed by atoms with Gasteiger partial charge in [0.05, 0.1) is 0 Å². The molecule has 88 valence electrons. The molecule has 0 aromatic heterocycles. The molecule has 2 N–H and O–H groups in total. The largest absolute Gasteiger partial charge is 0.343 e. The third-order valence-electron chi connectivity index (χ3n) is 3.43. The van der Waals surface area contributed by atoms with E-state index in [1.54, 1.807) is 11.9 Å². The zero-order valence-electron chi connectivity index (χ0n) is 9.32. The molecule has 1 heterocycles. The lowest BCUT2D eigenvalue weighted by Gasteiger charge is -2.52. The number of nitrogens with zero attached hydrogens (tertiary/aromatic N) is 1. The Morgan fingerprint density at radius 1 is 1.25 bits per heavy atom. The highest BCUT2D eigenvalue weighted by atomic mass is 31.2. The topological polar surface area (TPSA) is 60.8 Å². The first-order chi connectivity index (χ1) is 7.43. The van der Waals surface area contributed by atoms with Crippen molar-refractivity contribution < 1.29 is 14.4 Å². The molecule has 3 atom stereocenters. The highest BCUT2D eigenvalue weighted by molar-refractivity contribution is 7.52. The van der Waals surface area contributed by atoms with Gasteiger partial charge in [0, 0.05) is 12.0 Å². The van der Waals surface area contributed by atoms with Crippen LogP contribution in [-0.4, -0.2) is 33.6 Å². The van der Waals surface area contributed by atoms with Crippen molar-refractivity contribution in [1.29, 1.82) is 0 Å². The van der Waals surface area contributed by atoms with E-state index in [1.807, 2.05) is 37.3 Å². The molecular formula is C11H16NO3P. The third-order valence-corrected chi connectivity index (χ3v) is 4.80. The Bertz CT molecular complexity index is 416. The van der Waals surface area contributed by atoms with Crippen molar-refractivity contribution in [3.05, 3.63) is 35.9 Å². The van der Waals surface area contributed by atoms with Gasteiger partial charge in [0.25, 0.3) is 0 Å². The molecule has 2 rings (SSSR count).